The molecule has 20 heavy (non-hydrogen) atoms. The molecule has 1 heterocycles. The van der Waals surface area contributed by atoms with Gasteiger partial charge in [-0.1, -0.05) is 13.0 Å². The SMILES string of the molecule is CCSc1cccc(Oc2ccc(C)nc2)c1C(=O)O. The number of hydrogen-bond donors (Lipinski definition) is 1. The van der Waals surface area contributed by atoms with Crippen LogP contribution in [0, 0.1) is 6.92 Å². The molecule has 0 unspecified atom stereocenters. The van der Waals surface area contributed by atoms with E-state index in [1.807, 2.05) is 19.9 Å². The van der Waals surface area contributed by atoms with E-state index in [1.165, 1.54) is 11.8 Å². The van der Waals surface area contributed by atoms with E-state index in [2.05, 4.69) is 4.98 Å². The van der Waals surface area contributed by atoms with Gasteiger partial charge in [0.05, 0.1) is 6.20 Å². The molecule has 0 saturated carbocycles. The average Bonchev–Trinajstić information content (AvgIpc) is 2.41. The Kier molecular flexibility index (Phi) is 4.63. The molecule has 1 aromatic carbocycles. The quantitative estimate of drug-likeness (QED) is 0.843. The van der Waals surface area contributed by atoms with Gasteiger partial charge in [0.2, 0.25) is 0 Å². The largest absolute Gasteiger partial charge is 0.478 e. The number of pyridine rings is 1. The van der Waals surface area contributed by atoms with E-state index in [0.29, 0.717) is 16.4 Å². The second-order valence-electron chi connectivity index (χ2n) is 4.10. The van der Waals surface area contributed by atoms with Crippen molar-refractivity contribution in [2.75, 3.05) is 5.75 Å². The lowest BCUT2D eigenvalue weighted by Crippen LogP contribution is -2.02. The van der Waals surface area contributed by atoms with Gasteiger partial charge >= 0.3 is 5.97 Å². The number of rotatable bonds is 5. The van der Waals surface area contributed by atoms with Crippen LogP contribution < -0.4 is 4.74 Å². The maximum atomic E-state index is 11.5. The lowest BCUT2D eigenvalue weighted by atomic mass is 10.2. The summed E-state index contributed by atoms with van der Waals surface area (Å²) in [5.74, 6) is 0.672. The maximum Gasteiger partial charge on any atom is 0.340 e. The molecule has 0 fully saturated rings. The summed E-state index contributed by atoms with van der Waals surface area (Å²) in [7, 11) is 0. The zero-order chi connectivity index (χ0) is 14.5. The predicted molar refractivity (Wildman–Crippen MR) is 78.8 cm³/mol. The number of aryl methyl sites for hydroxylation is 1. The molecule has 0 amide bonds. The third kappa shape index (κ3) is 3.30. The lowest BCUT2D eigenvalue weighted by Gasteiger charge is -2.11. The summed E-state index contributed by atoms with van der Waals surface area (Å²) >= 11 is 1.48. The molecule has 0 spiro atoms. The van der Waals surface area contributed by atoms with Crippen molar-refractivity contribution >= 4 is 17.7 Å². The molecule has 1 aromatic heterocycles. The fourth-order valence-corrected chi connectivity index (χ4v) is 2.54. The first-order valence-electron chi connectivity index (χ1n) is 6.21. The number of thioether (sulfide) groups is 1. The van der Waals surface area contributed by atoms with Crippen LogP contribution in [0.2, 0.25) is 0 Å². The highest BCUT2D eigenvalue weighted by atomic mass is 32.2. The molecule has 2 aromatic rings. The van der Waals surface area contributed by atoms with Gasteiger partial charge in [0.15, 0.2) is 0 Å². The summed E-state index contributed by atoms with van der Waals surface area (Å²) in [5, 5.41) is 9.39. The summed E-state index contributed by atoms with van der Waals surface area (Å²) in [6.07, 6.45) is 1.58. The fraction of sp³-hybridized carbons (Fsp3) is 0.200. The van der Waals surface area contributed by atoms with Crippen molar-refractivity contribution in [2.45, 2.75) is 18.7 Å². The van der Waals surface area contributed by atoms with E-state index in [4.69, 9.17) is 4.74 Å². The van der Waals surface area contributed by atoms with Crippen LogP contribution in [0.25, 0.3) is 0 Å². The van der Waals surface area contributed by atoms with E-state index in [9.17, 15) is 9.90 Å². The van der Waals surface area contributed by atoms with Gasteiger partial charge in [-0.05, 0) is 36.9 Å². The minimum absolute atomic E-state index is 0.194. The smallest absolute Gasteiger partial charge is 0.340 e. The highest BCUT2D eigenvalue weighted by molar-refractivity contribution is 7.99. The second-order valence-corrected chi connectivity index (χ2v) is 5.41. The first kappa shape index (κ1) is 14.4. The number of ether oxygens (including phenoxy) is 1. The molecule has 4 nitrogen and oxygen atoms in total. The van der Waals surface area contributed by atoms with Crippen molar-refractivity contribution in [1.82, 2.24) is 4.98 Å². The van der Waals surface area contributed by atoms with Crippen LogP contribution >= 0.6 is 11.8 Å². The van der Waals surface area contributed by atoms with Crippen LogP contribution in [0.1, 0.15) is 23.0 Å². The van der Waals surface area contributed by atoms with Crippen molar-refractivity contribution in [1.29, 1.82) is 0 Å². The van der Waals surface area contributed by atoms with Gasteiger partial charge in [0, 0.05) is 10.6 Å². The highest BCUT2D eigenvalue weighted by Gasteiger charge is 2.17. The first-order chi connectivity index (χ1) is 9.61. The number of aromatic carboxylic acids is 1. The van der Waals surface area contributed by atoms with Crippen molar-refractivity contribution in [3.05, 3.63) is 47.8 Å². The van der Waals surface area contributed by atoms with Crippen LogP contribution in [0.5, 0.6) is 11.5 Å². The third-order valence-electron chi connectivity index (χ3n) is 2.61. The van der Waals surface area contributed by atoms with Crippen LogP contribution in [0.15, 0.2) is 41.4 Å². The van der Waals surface area contributed by atoms with E-state index < -0.39 is 5.97 Å². The average molecular weight is 289 g/mol. The Labute approximate surface area is 121 Å². The second kappa shape index (κ2) is 6.43. The Morgan fingerprint density at radius 2 is 2.15 bits per heavy atom. The molecule has 0 bridgehead atoms. The van der Waals surface area contributed by atoms with Crippen molar-refractivity contribution in [3.63, 3.8) is 0 Å². The Morgan fingerprint density at radius 3 is 2.75 bits per heavy atom. The van der Waals surface area contributed by atoms with Gasteiger partial charge in [0.1, 0.15) is 17.1 Å². The number of benzene rings is 1. The van der Waals surface area contributed by atoms with Crippen LogP contribution in [0.4, 0.5) is 0 Å². The van der Waals surface area contributed by atoms with E-state index in [-0.39, 0.29) is 5.56 Å². The maximum absolute atomic E-state index is 11.5. The molecule has 104 valence electrons. The minimum atomic E-state index is -0.989. The standard InChI is InChI=1S/C15H15NO3S/c1-3-20-13-6-4-5-12(14(13)15(17)18)19-11-8-7-10(2)16-9-11/h4-9H,3H2,1-2H3,(H,17,18). The van der Waals surface area contributed by atoms with Crippen LogP contribution in [0.3, 0.4) is 0 Å². The monoisotopic (exact) mass is 289 g/mol. The Hall–Kier alpha value is -2.01. The fourth-order valence-electron chi connectivity index (χ4n) is 1.72. The van der Waals surface area contributed by atoms with Gasteiger partial charge < -0.3 is 9.84 Å². The molecule has 0 aliphatic heterocycles. The molecule has 0 aliphatic carbocycles. The van der Waals surface area contributed by atoms with Crippen molar-refractivity contribution < 1.29 is 14.6 Å². The summed E-state index contributed by atoms with van der Waals surface area (Å²) < 4.78 is 5.66. The van der Waals surface area contributed by atoms with Gasteiger partial charge in [-0.15, -0.1) is 11.8 Å². The minimum Gasteiger partial charge on any atom is -0.478 e. The number of carboxylic acids is 1. The Morgan fingerprint density at radius 1 is 1.35 bits per heavy atom. The molecule has 1 N–H and O–H groups in total. The first-order valence-corrected chi connectivity index (χ1v) is 7.20. The number of carbonyl (C=O) groups is 1. The summed E-state index contributed by atoms with van der Waals surface area (Å²) in [4.78, 5) is 16.3. The highest BCUT2D eigenvalue weighted by Crippen LogP contribution is 2.32. The number of hydrogen-bond acceptors (Lipinski definition) is 4. The lowest BCUT2D eigenvalue weighted by molar-refractivity contribution is 0.0690. The summed E-state index contributed by atoms with van der Waals surface area (Å²) in [6, 6.07) is 8.83. The number of aromatic nitrogens is 1. The van der Waals surface area contributed by atoms with Crippen molar-refractivity contribution in [2.24, 2.45) is 0 Å². The van der Waals surface area contributed by atoms with Gasteiger partial charge in [-0.25, -0.2) is 4.79 Å². The number of nitrogens with zero attached hydrogens (tertiary/aromatic N) is 1. The predicted octanol–water partition coefficient (Wildman–Crippen LogP) is 3.99. The van der Waals surface area contributed by atoms with Crippen molar-refractivity contribution in [3.8, 4) is 11.5 Å². The third-order valence-corrected chi connectivity index (χ3v) is 3.55. The zero-order valence-electron chi connectivity index (χ0n) is 11.3. The number of carboxylic acid groups (broad SMARTS) is 1. The van der Waals surface area contributed by atoms with Crippen LogP contribution in [-0.4, -0.2) is 21.8 Å². The molecule has 0 radical (unpaired) electrons. The van der Waals surface area contributed by atoms with Gasteiger partial charge in [-0.3, -0.25) is 4.98 Å². The summed E-state index contributed by atoms with van der Waals surface area (Å²) in [6.45, 7) is 3.86. The normalized spacial score (nSPS) is 10.3. The topological polar surface area (TPSA) is 59.4 Å². The van der Waals surface area contributed by atoms with Crippen LogP contribution in [-0.2, 0) is 0 Å². The molecule has 0 aliphatic rings. The summed E-state index contributed by atoms with van der Waals surface area (Å²) in [5.41, 5.74) is 1.08. The van der Waals surface area contributed by atoms with Gasteiger partial charge in [-0.2, -0.15) is 0 Å². The molecule has 2 rings (SSSR count). The zero-order valence-corrected chi connectivity index (χ0v) is 12.1. The Balaban J connectivity index is 2.37. The molecule has 5 heteroatoms. The van der Waals surface area contributed by atoms with E-state index in [1.54, 1.807) is 30.5 Å². The molecular weight excluding hydrogens is 274 g/mol. The Bertz CT molecular complexity index is 611. The molecular formula is C15H15NO3S. The molecule has 0 saturated heterocycles. The molecule has 0 atom stereocenters. The van der Waals surface area contributed by atoms with E-state index in [0.717, 1.165) is 11.4 Å². The van der Waals surface area contributed by atoms with Gasteiger partial charge in [0.25, 0.3) is 0 Å². The van der Waals surface area contributed by atoms with E-state index >= 15 is 0 Å².